The van der Waals surface area contributed by atoms with Crippen molar-refractivity contribution in [1.82, 2.24) is 10.6 Å². The number of nitrogens with one attached hydrogen (secondary N) is 2. The molecule has 0 fully saturated rings. The van der Waals surface area contributed by atoms with Crippen molar-refractivity contribution in [2.75, 3.05) is 13.2 Å². The van der Waals surface area contributed by atoms with E-state index < -0.39 is 18.1 Å². The number of ether oxygens (including phenoxy) is 1. The maximum absolute atomic E-state index is 12.7. The van der Waals surface area contributed by atoms with Crippen LogP contribution in [0.25, 0.3) is 0 Å². The Labute approximate surface area is 224 Å². The molecule has 7 nitrogen and oxygen atoms in total. The van der Waals surface area contributed by atoms with Crippen LogP contribution in [0.5, 0.6) is 5.75 Å². The summed E-state index contributed by atoms with van der Waals surface area (Å²) in [6, 6.07) is 26.0. The fraction of sp³-hybridized carbons (Fsp3) is 0.290. The van der Waals surface area contributed by atoms with Crippen molar-refractivity contribution in [2.24, 2.45) is 5.92 Å². The molecule has 3 rings (SSSR count). The molecule has 0 saturated heterocycles. The van der Waals surface area contributed by atoms with Crippen LogP contribution in [0.15, 0.2) is 97.6 Å². The fourth-order valence-electron chi connectivity index (χ4n) is 4.04. The number of benzene rings is 3. The lowest BCUT2D eigenvalue weighted by Gasteiger charge is -2.20. The lowest BCUT2D eigenvalue weighted by molar-refractivity contribution is -0.131. The Morgan fingerprint density at radius 2 is 1.58 bits per heavy atom. The van der Waals surface area contributed by atoms with Gasteiger partial charge in [0.15, 0.2) is 0 Å². The molecule has 3 aromatic carbocycles. The zero-order chi connectivity index (χ0) is 27.2. The van der Waals surface area contributed by atoms with Crippen molar-refractivity contribution in [3.05, 3.63) is 114 Å². The Balaban J connectivity index is 1.47. The zero-order valence-corrected chi connectivity index (χ0v) is 21.5. The maximum Gasteiger partial charge on any atom is 0.224 e. The Morgan fingerprint density at radius 3 is 2.21 bits per heavy atom. The van der Waals surface area contributed by atoms with Gasteiger partial charge >= 0.3 is 0 Å². The van der Waals surface area contributed by atoms with Gasteiger partial charge in [-0.1, -0.05) is 78.9 Å². The molecule has 0 radical (unpaired) electrons. The van der Waals surface area contributed by atoms with E-state index >= 15 is 0 Å². The number of carbonyl (C=O) groups is 2. The van der Waals surface area contributed by atoms with Gasteiger partial charge in [0.05, 0.1) is 24.7 Å². The molecular weight excluding hydrogens is 480 g/mol. The van der Waals surface area contributed by atoms with E-state index in [1.165, 1.54) is 0 Å². The number of aliphatic hydroxyl groups is 2. The molecule has 0 bridgehead atoms. The SMILES string of the molecule is C=CC[C@@H](CC(=O)N[C@H](CO)Cc1ccc(OCc2ccccc2)cc1)C(=O)NC[C@H](O)c1ccccc1. The highest BCUT2D eigenvalue weighted by Gasteiger charge is 2.23. The lowest BCUT2D eigenvalue weighted by atomic mass is 9.98. The predicted octanol–water partition coefficient (Wildman–Crippen LogP) is 3.72. The number of hydrogen-bond acceptors (Lipinski definition) is 5. The van der Waals surface area contributed by atoms with Gasteiger partial charge in [0.1, 0.15) is 12.4 Å². The summed E-state index contributed by atoms with van der Waals surface area (Å²) < 4.78 is 5.81. The van der Waals surface area contributed by atoms with Gasteiger partial charge in [0.2, 0.25) is 11.8 Å². The first-order valence-electron chi connectivity index (χ1n) is 12.8. The molecule has 7 heteroatoms. The van der Waals surface area contributed by atoms with Crippen LogP contribution < -0.4 is 15.4 Å². The van der Waals surface area contributed by atoms with Crippen LogP contribution in [0.1, 0.15) is 35.6 Å². The van der Waals surface area contributed by atoms with Crippen LogP contribution in [0.4, 0.5) is 0 Å². The van der Waals surface area contributed by atoms with Crippen molar-refractivity contribution < 1.29 is 24.5 Å². The summed E-state index contributed by atoms with van der Waals surface area (Å²) in [5, 5.41) is 25.7. The molecule has 0 spiro atoms. The second-order valence-corrected chi connectivity index (χ2v) is 9.17. The summed E-state index contributed by atoms with van der Waals surface area (Å²) in [5.74, 6) is -0.562. The third-order valence-electron chi connectivity index (χ3n) is 6.15. The highest BCUT2D eigenvalue weighted by atomic mass is 16.5. The molecular formula is C31H36N2O5. The highest BCUT2D eigenvalue weighted by molar-refractivity contribution is 5.86. The molecule has 4 N–H and O–H groups in total. The summed E-state index contributed by atoms with van der Waals surface area (Å²) in [5.41, 5.74) is 2.72. The van der Waals surface area contributed by atoms with E-state index in [1.54, 1.807) is 18.2 Å². The predicted molar refractivity (Wildman–Crippen MR) is 147 cm³/mol. The first-order chi connectivity index (χ1) is 18.5. The first-order valence-corrected chi connectivity index (χ1v) is 12.8. The number of rotatable bonds is 15. The van der Waals surface area contributed by atoms with E-state index in [0.29, 0.717) is 25.0 Å². The fourth-order valence-corrected chi connectivity index (χ4v) is 4.04. The summed E-state index contributed by atoms with van der Waals surface area (Å²) in [7, 11) is 0. The van der Waals surface area contributed by atoms with Gasteiger partial charge in [-0.05, 0) is 41.7 Å². The van der Waals surface area contributed by atoms with Crippen molar-refractivity contribution in [1.29, 1.82) is 0 Å². The molecule has 0 aliphatic carbocycles. The van der Waals surface area contributed by atoms with Crippen molar-refractivity contribution in [3.63, 3.8) is 0 Å². The first kappa shape index (κ1) is 28.6. The number of hydrogen-bond donors (Lipinski definition) is 4. The van der Waals surface area contributed by atoms with Crippen LogP contribution in [-0.4, -0.2) is 41.2 Å². The van der Waals surface area contributed by atoms with E-state index in [1.807, 2.05) is 72.8 Å². The summed E-state index contributed by atoms with van der Waals surface area (Å²) >= 11 is 0. The van der Waals surface area contributed by atoms with E-state index in [9.17, 15) is 19.8 Å². The normalized spacial score (nSPS) is 13.1. The van der Waals surface area contributed by atoms with Gasteiger partial charge in [-0.25, -0.2) is 0 Å². The Kier molecular flexibility index (Phi) is 11.6. The smallest absolute Gasteiger partial charge is 0.224 e. The van der Waals surface area contributed by atoms with Crippen molar-refractivity contribution >= 4 is 11.8 Å². The molecule has 0 unspecified atom stereocenters. The maximum atomic E-state index is 12.7. The monoisotopic (exact) mass is 516 g/mol. The Hall–Kier alpha value is -3.94. The molecule has 0 saturated carbocycles. The number of carbonyl (C=O) groups excluding carboxylic acids is 2. The minimum absolute atomic E-state index is 0.0441. The second-order valence-electron chi connectivity index (χ2n) is 9.17. The van der Waals surface area contributed by atoms with Gasteiger partial charge in [-0.3, -0.25) is 9.59 Å². The van der Waals surface area contributed by atoms with Gasteiger partial charge in [-0.15, -0.1) is 6.58 Å². The summed E-state index contributed by atoms with van der Waals surface area (Å²) in [6.45, 7) is 3.97. The largest absolute Gasteiger partial charge is 0.489 e. The van der Waals surface area contributed by atoms with Gasteiger partial charge in [-0.2, -0.15) is 0 Å². The van der Waals surface area contributed by atoms with Crippen molar-refractivity contribution in [3.8, 4) is 5.75 Å². The van der Waals surface area contributed by atoms with Crippen LogP contribution in [0.2, 0.25) is 0 Å². The van der Waals surface area contributed by atoms with E-state index in [0.717, 1.165) is 16.9 Å². The topological polar surface area (TPSA) is 108 Å². The molecule has 38 heavy (non-hydrogen) atoms. The zero-order valence-electron chi connectivity index (χ0n) is 21.5. The highest BCUT2D eigenvalue weighted by Crippen LogP contribution is 2.17. The summed E-state index contributed by atoms with van der Waals surface area (Å²) in [4.78, 5) is 25.4. The number of aliphatic hydroxyl groups excluding tert-OH is 2. The quantitative estimate of drug-likeness (QED) is 0.230. The standard InChI is InChI=1S/C31H36N2O5/c1-2-9-26(31(37)32-20-29(35)25-12-7-4-8-13-25)19-30(36)33-27(21-34)18-23-14-16-28(17-15-23)38-22-24-10-5-3-6-11-24/h2-8,10-17,26-27,29,34-35H,1,9,18-22H2,(H,32,37)(H,33,36)/t26-,27-,29-/m0/s1. The van der Waals surface area contributed by atoms with E-state index in [2.05, 4.69) is 17.2 Å². The minimum atomic E-state index is -0.841. The number of amides is 2. The molecule has 0 aliphatic rings. The average molecular weight is 517 g/mol. The molecule has 0 heterocycles. The third-order valence-corrected chi connectivity index (χ3v) is 6.15. The van der Waals surface area contributed by atoms with Crippen LogP contribution in [-0.2, 0) is 22.6 Å². The molecule has 2 amide bonds. The molecule has 3 aromatic rings. The Morgan fingerprint density at radius 1 is 0.921 bits per heavy atom. The third kappa shape index (κ3) is 9.50. The molecule has 3 atom stereocenters. The van der Waals surface area contributed by atoms with Crippen LogP contribution in [0.3, 0.4) is 0 Å². The average Bonchev–Trinajstić information content (AvgIpc) is 2.95. The molecule has 0 aromatic heterocycles. The van der Waals surface area contributed by atoms with Gasteiger partial charge < -0.3 is 25.6 Å². The summed E-state index contributed by atoms with van der Waals surface area (Å²) in [6.07, 6.45) is 1.45. The Bertz CT molecular complexity index is 1140. The van der Waals surface area contributed by atoms with Gasteiger partial charge in [0, 0.05) is 13.0 Å². The van der Waals surface area contributed by atoms with Gasteiger partial charge in [0.25, 0.3) is 0 Å². The van der Waals surface area contributed by atoms with Crippen LogP contribution >= 0.6 is 0 Å². The molecule has 200 valence electrons. The van der Waals surface area contributed by atoms with Crippen LogP contribution in [0, 0.1) is 5.92 Å². The van der Waals surface area contributed by atoms with E-state index in [-0.39, 0.29) is 31.4 Å². The van der Waals surface area contributed by atoms with Crippen molar-refractivity contribution in [2.45, 2.75) is 38.0 Å². The van der Waals surface area contributed by atoms with E-state index in [4.69, 9.17) is 4.74 Å². The second kappa shape index (κ2) is 15.3. The number of allylic oxidation sites excluding steroid dienone is 1. The minimum Gasteiger partial charge on any atom is -0.489 e. The molecule has 0 aliphatic heterocycles. The lowest BCUT2D eigenvalue weighted by Crippen LogP contribution is -2.42.